The van der Waals surface area contributed by atoms with Crippen molar-refractivity contribution in [2.75, 3.05) is 0 Å². The molecule has 0 aromatic rings. The maximum atomic E-state index is 2.44. The fourth-order valence-electron chi connectivity index (χ4n) is 1.86. The van der Waals surface area contributed by atoms with Crippen molar-refractivity contribution in [2.24, 2.45) is 11.8 Å². The maximum Gasteiger partial charge on any atom is -0.0154 e. The van der Waals surface area contributed by atoms with E-state index in [0.29, 0.717) is 0 Å². The van der Waals surface area contributed by atoms with Crippen molar-refractivity contribution < 1.29 is 0 Å². The van der Waals surface area contributed by atoms with Crippen LogP contribution in [0.15, 0.2) is 23.8 Å². The van der Waals surface area contributed by atoms with Gasteiger partial charge in [0.05, 0.1) is 0 Å². The normalized spacial score (nSPS) is 39.0. The third-order valence-electron chi connectivity index (χ3n) is 2.43. The van der Waals surface area contributed by atoms with Gasteiger partial charge < -0.3 is 0 Å². The zero-order chi connectivity index (χ0) is 6.27. The minimum Gasteiger partial charge on any atom is -0.0874 e. The molecular formula is C9H12. The standard InChI is InChI=1S/C9H12/c1-2-3-8-4-7-5-9(8)6-7/h2-4,7,9H,5-6H2,1H3/b3-2-. The molecule has 0 N–H and O–H groups in total. The summed E-state index contributed by atoms with van der Waals surface area (Å²) in [7, 11) is 0. The van der Waals surface area contributed by atoms with Gasteiger partial charge in [0.25, 0.3) is 0 Å². The summed E-state index contributed by atoms with van der Waals surface area (Å²) >= 11 is 0. The van der Waals surface area contributed by atoms with Crippen LogP contribution in [0.2, 0.25) is 0 Å². The van der Waals surface area contributed by atoms with Crippen molar-refractivity contribution in [2.45, 2.75) is 19.8 Å². The highest BCUT2D eigenvalue weighted by molar-refractivity contribution is 5.32. The minimum absolute atomic E-state index is 0.950. The Morgan fingerprint density at radius 3 is 2.78 bits per heavy atom. The van der Waals surface area contributed by atoms with Crippen molar-refractivity contribution >= 4 is 0 Å². The molecule has 48 valence electrons. The molecule has 0 saturated heterocycles. The first-order valence-electron chi connectivity index (χ1n) is 3.74. The smallest absolute Gasteiger partial charge is 0.0154 e. The van der Waals surface area contributed by atoms with Gasteiger partial charge in [-0.15, -0.1) is 0 Å². The molecule has 2 bridgehead atoms. The van der Waals surface area contributed by atoms with E-state index in [1.54, 1.807) is 5.57 Å². The van der Waals surface area contributed by atoms with Crippen molar-refractivity contribution in [3.05, 3.63) is 23.8 Å². The molecule has 0 radical (unpaired) electrons. The number of hydrogen-bond donors (Lipinski definition) is 0. The van der Waals surface area contributed by atoms with Crippen LogP contribution in [-0.2, 0) is 0 Å². The molecule has 9 heavy (non-hydrogen) atoms. The number of hydrogen-bond acceptors (Lipinski definition) is 0. The Hall–Kier alpha value is -0.520. The van der Waals surface area contributed by atoms with Crippen molar-refractivity contribution in [1.29, 1.82) is 0 Å². The second-order valence-corrected chi connectivity index (χ2v) is 3.10. The van der Waals surface area contributed by atoms with Crippen LogP contribution in [-0.4, -0.2) is 0 Å². The van der Waals surface area contributed by atoms with Crippen LogP contribution >= 0.6 is 0 Å². The predicted molar refractivity (Wildman–Crippen MR) is 39.1 cm³/mol. The van der Waals surface area contributed by atoms with E-state index in [0.717, 1.165) is 11.8 Å². The Balaban J connectivity index is 2.14. The fraction of sp³-hybridized carbons (Fsp3) is 0.556. The summed E-state index contributed by atoms with van der Waals surface area (Å²) in [5.74, 6) is 1.91. The molecule has 0 aliphatic heterocycles. The highest BCUT2D eigenvalue weighted by Gasteiger charge is 2.35. The molecule has 0 amide bonds. The highest BCUT2D eigenvalue weighted by atomic mass is 14.4. The molecule has 1 fully saturated rings. The third kappa shape index (κ3) is 0.658. The molecule has 0 heteroatoms. The number of rotatable bonds is 1. The summed E-state index contributed by atoms with van der Waals surface area (Å²) in [6, 6.07) is 0. The van der Waals surface area contributed by atoms with E-state index in [1.165, 1.54) is 12.8 Å². The molecule has 0 nitrogen and oxygen atoms in total. The van der Waals surface area contributed by atoms with Gasteiger partial charge in [-0.05, 0) is 37.2 Å². The Morgan fingerprint density at radius 2 is 2.33 bits per heavy atom. The molecule has 3 rings (SSSR count). The first-order valence-corrected chi connectivity index (χ1v) is 3.74. The largest absolute Gasteiger partial charge is 0.0874 e. The van der Waals surface area contributed by atoms with Gasteiger partial charge in [0.1, 0.15) is 0 Å². The summed E-state index contributed by atoms with van der Waals surface area (Å²) in [6.45, 7) is 2.09. The Morgan fingerprint density at radius 1 is 1.56 bits per heavy atom. The van der Waals surface area contributed by atoms with Gasteiger partial charge in [0.2, 0.25) is 0 Å². The molecule has 0 atom stereocenters. The van der Waals surface area contributed by atoms with Gasteiger partial charge in [-0.3, -0.25) is 0 Å². The highest BCUT2D eigenvalue weighted by Crippen LogP contribution is 2.47. The molecule has 0 aromatic carbocycles. The predicted octanol–water partition coefficient (Wildman–Crippen LogP) is 2.53. The zero-order valence-corrected chi connectivity index (χ0v) is 5.80. The van der Waals surface area contributed by atoms with Gasteiger partial charge in [-0.2, -0.15) is 0 Å². The van der Waals surface area contributed by atoms with Crippen molar-refractivity contribution in [1.82, 2.24) is 0 Å². The van der Waals surface area contributed by atoms with Crippen LogP contribution < -0.4 is 0 Å². The van der Waals surface area contributed by atoms with Gasteiger partial charge in [0, 0.05) is 0 Å². The first kappa shape index (κ1) is 5.28. The van der Waals surface area contributed by atoms with Crippen molar-refractivity contribution in [3.63, 3.8) is 0 Å². The van der Waals surface area contributed by atoms with Gasteiger partial charge in [-0.25, -0.2) is 0 Å². The molecule has 0 heterocycles. The van der Waals surface area contributed by atoms with Gasteiger partial charge in [0.15, 0.2) is 0 Å². The lowest BCUT2D eigenvalue weighted by atomic mass is 9.81. The summed E-state index contributed by atoms with van der Waals surface area (Å²) in [5, 5.41) is 0. The molecule has 0 spiro atoms. The van der Waals surface area contributed by atoms with E-state index in [-0.39, 0.29) is 0 Å². The lowest BCUT2D eigenvalue weighted by molar-refractivity contribution is 0.327. The van der Waals surface area contributed by atoms with E-state index >= 15 is 0 Å². The Kier molecular flexibility index (Phi) is 1.01. The van der Waals surface area contributed by atoms with Crippen LogP contribution in [0.5, 0.6) is 0 Å². The van der Waals surface area contributed by atoms with Crippen LogP contribution in [0.4, 0.5) is 0 Å². The molecule has 0 aromatic heterocycles. The maximum absolute atomic E-state index is 2.44. The first-order chi connectivity index (χ1) is 4.40. The van der Waals surface area contributed by atoms with Crippen LogP contribution in [0, 0.1) is 11.8 Å². The quantitative estimate of drug-likeness (QED) is 0.499. The topological polar surface area (TPSA) is 0 Å². The second-order valence-electron chi connectivity index (χ2n) is 3.10. The van der Waals surface area contributed by atoms with E-state index in [1.807, 2.05) is 0 Å². The third-order valence-corrected chi connectivity index (χ3v) is 2.43. The fourth-order valence-corrected chi connectivity index (χ4v) is 1.86. The minimum atomic E-state index is 0.950. The number of allylic oxidation sites excluding steroid dienone is 4. The average Bonchev–Trinajstić information content (AvgIpc) is 2.20. The second kappa shape index (κ2) is 1.73. The van der Waals surface area contributed by atoms with Crippen LogP contribution in [0.25, 0.3) is 0 Å². The van der Waals surface area contributed by atoms with E-state index in [2.05, 4.69) is 25.2 Å². The lowest BCUT2D eigenvalue weighted by Gasteiger charge is -2.23. The lowest BCUT2D eigenvalue weighted by Crippen LogP contribution is -2.13. The summed E-state index contributed by atoms with van der Waals surface area (Å²) in [6.07, 6.45) is 9.73. The van der Waals surface area contributed by atoms with Gasteiger partial charge >= 0.3 is 0 Å². The van der Waals surface area contributed by atoms with E-state index in [4.69, 9.17) is 0 Å². The molecule has 3 aliphatic rings. The summed E-state index contributed by atoms with van der Waals surface area (Å²) in [4.78, 5) is 0. The van der Waals surface area contributed by atoms with Crippen LogP contribution in [0.1, 0.15) is 19.8 Å². The van der Waals surface area contributed by atoms with Crippen molar-refractivity contribution in [3.8, 4) is 0 Å². The average molecular weight is 120 g/mol. The SMILES string of the molecule is C/C=C\C1=CC2CC1C2. The van der Waals surface area contributed by atoms with E-state index < -0.39 is 0 Å². The Bertz CT molecular complexity index is 168. The summed E-state index contributed by atoms with van der Waals surface area (Å²) in [5.41, 5.74) is 1.60. The zero-order valence-electron chi connectivity index (χ0n) is 5.80. The monoisotopic (exact) mass is 120 g/mol. The summed E-state index contributed by atoms with van der Waals surface area (Å²) < 4.78 is 0. The molecule has 3 aliphatic carbocycles. The Labute approximate surface area is 56.3 Å². The van der Waals surface area contributed by atoms with E-state index in [9.17, 15) is 0 Å². The molecule has 0 unspecified atom stereocenters. The molecule has 1 saturated carbocycles. The van der Waals surface area contributed by atoms with Gasteiger partial charge in [-0.1, -0.05) is 18.2 Å². The van der Waals surface area contributed by atoms with Crippen LogP contribution in [0.3, 0.4) is 0 Å². The molecular weight excluding hydrogens is 108 g/mol.